The van der Waals surface area contributed by atoms with Crippen LogP contribution in [0.5, 0.6) is 0 Å². The molecule has 16 heteroatoms. The molecule has 0 aromatic rings. The van der Waals surface area contributed by atoms with E-state index >= 15 is 0 Å². The second-order valence-corrected chi connectivity index (χ2v) is 5.59. The summed E-state index contributed by atoms with van der Waals surface area (Å²) in [6.07, 6.45) is 4.39. The SMILES string of the molecule is C=CC(=O)O.C=CC(=O)O.C=CC(=O)O.C=CC(=O)O.C=CC(=O)O.CCC(=O)O.OCC(CO)(CO)CO. The lowest BCUT2D eigenvalue weighted by molar-refractivity contribution is -0.137. The van der Waals surface area contributed by atoms with Crippen molar-refractivity contribution < 1.29 is 79.8 Å². The van der Waals surface area contributed by atoms with Crippen LogP contribution in [0.25, 0.3) is 0 Å². The van der Waals surface area contributed by atoms with E-state index in [4.69, 9.17) is 51.1 Å². The summed E-state index contributed by atoms with van der Waals surface area (Å²) in [4.78, 5) is 55.6. The topological polar surface area (TPSA) is 305 Å². The van der Waals surface area contributed by atoms with Gasteiger partial charge in [0.1, 0.15) is 0 Å². The first-order chi connectivity index (χ1) is 17.9. The van der Waals surface area contributed by atoms with E-state index in [0.717, 1.165) is 30.4 Å². The maximum atomic E-state index is 9.37. The van der Waals surface area contributed by atoms with Gasteiger partial charge in [-0.05, 0) is 0 Å². The Morgan fingerprint density at radius 3 is 0.590 bits per heavy atom. The predicted octanol–water partition coefficient (Wildman–Crippen LogP) is -0.292. The number of carboxylic acid groups (broad SMARTS) is 6. The van der Waals surface area contributed by atoms with Gasteiger partial charge < -0.3 is 51.1 Å². The van der Waals surface area contributed by atoms with Gasteiger partial charge >= 0.3 is 35.8 Å². The van der Waals surface area contributed by atoms with Crippen molar-refractivity contribution in [2.75, 3.05) is 26.4 Å². The normalized spacial score (nSPS) is 7.82. The van der Waals surface area contributed by atoms with Crippen molar-refractivity contribution in [3.05, 3.63) is 63.3 Å². The number of aliphatic carboxylic acids is 6. The molecule has 10 N–H and O–H groups in total. The Morgan fingerprint density at radius 1 is 0.487 bits per heavy atom. The molecule has 0 aliphatic heterocycles. The van der Waals surface area contributed by atoms with Crippen molar-refractivity contribution in [1.82, 2.24) is 0 Å². The molecule has 0 radical (unpaired) electrons. The molecule has 0 aliphatic carbocycles. The number of carboxylic acids is 6. The van der Waals surface area contributed by atoms with Gasteiger partial charge in [0.05, 0.1) is 31.8 Å². The third-order valence-electron chi connectivity index (χ3n) is 2.52. The lowest BCUT2D eigenvalue weighted by atomic mass is 9.93. The zero-order valence-corrected chi connectivity index (χ0v) is 21.4. The van der Waals surface area contributed by atoms with E-state index in [1.807, 2.05) is 0 Å². The smallest absolute Gasteiger partial charge is 0.327 e. The number of rotatable bonds is 10. The molecule has 0 fully saturated rings. The van der Waals surface area contributed by atoms with E-state index in [9.17, 15) is 28.8 Å². The summed E-state index contributed by atoms with van der Waals surface area (Å²) < 4.78 is 0. The van der Waals surface area contributed by atoms with E-state index < -0.39 is 67.7 Å². The standard InChI is InChI=1S/C5H12O4.C3H6O2.5C3H4O2/c6-1-5(2-7,3-8)4-9;6*1-2-3(4)5/h6-9H,1-4H2;2H2,1H3,(H,4,5);5*2H,1H2,(H,4,5). The van der Waals surface area contributed by atoms with E-state index in [2.05, 4.69) is 32.9 Å². The van der Waals surface area contributed by atoms with Crippen LogP contribution in [0.3, 0.4) is 0 Å². The summed E-state index contributed by atoms with van der Waals surface area (Å²) in [6, 6.07) is 0. The first-order valence-electron chi connectivity index (χ1n) is 9.79. The molecule has 16 nitrogen and oxygen atoms in total. The van der Waals surface area contributed by atoms with Gasteiger partial charge in [-0.25, -0.2) is 24.0 Å². The Kier molecular flexibility index (Phi) is 53.1. The number of carbonyl (C=O) groups is 6. The molecule has 0 atom stereocenters. The van der Waals surface area contributed by atoms with Crippen molar-refractivity contribution in [3.63, 3.8) is 0 Å². The van der Waals surface area contributed by atoms with E-state index in [-0.39, 0.29) is 6.42 Å². The van der Waals surface area contributed by atoms with Gasteiger partial charge in [0.25, 0.3) is 0 Å². The third-order valence-corrected chi connectivity index (χ3v) is 2.52. The van der Waals surface area contributed by atoms with Gasteiger partial charge in [0, 0.05) is 36.8 Å². The molecule has 0 amide bonds. The van der Waals surface area contributed by atoms with Gasteiger partial charge in [0.15, 0.2) is 0 Å². The van der Waals surface area contributed by atoms with Crippen LogP contribution >= 0.6 is 0 Å². The average Bonchev–Trinajstić information content (AvgIpc) is 2.92. The Hall–Kier alpha value is -4.64. The van der Waals surface area contributed by atoms with Crippen molar-refractivity contribution in [1.29, 1.82) is 0 Å². The second kappa shape index (κ2) is 40.5. The van der Waals surface area contributed by atoms with Crippen molar-refractivity contribution in [2.45, 2.75) is 13.3 Å². The van der Waals surface area contributed by atoms with Crippen LogP contribution in [0.15, 0.2) is 63.3 Å². The van der Waals surface area contributed by atoms with Gasteiger partial charge in [-0.2, -0.15) is 0 Å². The fourth-order valence-electron chi connectivity index (χ4n) is 0.300. The third kappa shape index (κ3) is 87.5. The van der Waals surface area contributed by atoms with Gasteiger partial charge in [-0.15, -0.1) is 0 Å². The molecular weight excluding hydrogens is 532 g/mol. The maximum absolute atomic E-state index is 9.37. The highest BCUT2D eigenvalue weighted by Crippen LogP contribution is 2.11. The summed E-state index contributed by atoms with van der Waals surface area (Å²) >= 11 is 0. The molecule has 226 valence electrons. The molecule has 0 bridgehead atoms. The van der Waals surface area contributed by atoms with E-state index in [1.165, 1.54) is 0 Å². The van der Waals surface area contributed by atoms with Crippen LogP contribution in [0.2, 0.25) is 0 Å². The Balaban J connectivity index is -0.0000000622. The highest BCUT2D eigenvalue weighted by molar-refractivity contribution is 5.80. The van der Waals surface area contributed by atoms with Crippen LogP contribution in [-0.2, 0) is 28.8 Å². The predicted molar refractivity (Wildman–Crippen MR) is 138 cm³/mol. The average molecular weight is 571 g/mol. The molecular formula is C23H38O16. The molecule has 0 unspecified atom stereocenters. The highest BCUT2D eigenvalue weighted by atomic mass is 16.4. The number of aliphatic hydroxyl groups is 4. The Bertz CT molecular complexity index is 614. The quantitative estimate of drug-likeness (QED) is 0.151. The second-order valence-electron chi connectivity index (χ2n) is 5.59. The summed E-state index contributed by atoms with van der Waals surface area (Å²) in [7, 11) is 0. The Morgan fingerprint density at radius 2 is 0.590 bits per heavy atom. The monoisotopic (exact) mass is 570 g/mol. The van der Waals surface area contributed by atoms with Gasteiger partial charge in [0.2, 0.25) is 0 Å². The first kappa shape index (κ1) is 51.1. The summed E-state index contributed by atoms with van der Waals surface area (Å²) in [5.74, 6) is -5.65. The molecule has 0 saturated carbocycles. The minimum atomic E-state index is -1.11. The zero-order valence-electron chi connectivity index (χ0n) is 21.4. The molecule has 0 rings (SSSR count). The molecule has 0 aromatic carbocycles. The van der Waals surface area contributed by atoms with Crippen molar-refractivity contribution in [2.24, 2.45) is 5.41 Å². The lowest BCUT2D eigenvalue weighted by Gasteiger charge is -2.23. The molecule has 0 saturated heterocycles. The van der Waals surface area contributed by atoms with E-state index in [1.54, 1.807) is 6.92 Å². The van der Waals surface area contributed by atoms with Crippen LogP contribution in [0, 0.1) is 5.41 Å². The number of hydrogen-bond acceptors (Lipinski definition) is 10. The zero-order chi connectivity index (χ0) is 33.0. The molecule has 0 heterocycles. The summed E-state index contributed by atoms with van der Waals surface area (Å²) in [5, 5.41) is 79.7. The van der Waals surface area contributed by atoms with E-state index in [0.29, 0.717) is 0 Å². The molecule has 39 heavy (non-hydrogen) atoms. The van der Waals surface area contributed by atoms with Crippen LogP contribution in [-0.4, -0.2) is 113 Å². The summed E-state index contributed by atoms with van der Waals surface area (Å²) in [5.41, 5.74) is -1.11. The highest BCUT2D eigenvalue weighted by Gasteiger charge is 2.26. The first-order valence-corrected chi connectivity index (χ1v) is 9.79. The lowest BCUT2D eigenvalue weighted by Crippen LogP contribution is -2.37. The summed E-state index contributed by atoms with van der Waals surface area (Å²) in [6.45, 7) is 14.8. The fraction of sp³-hybridized carbons (Fsp3) is 0.304. The molecule has 0 spiro atoms. The fourth-order valence-corrected chi connectivity index (χ4v) is 0.300. The minimum absolute atomic E-state index is 0.222. The Labute approximate surface area is 224 Å². The maximum Gasteiger partial charge on any atom is 0.327 e. The number of hydrogen-bond donors (Lipinski definition) is 10. The largest absolute Gasteiger partial charge is 0.481 e. The number of aliphatic hydroxyl groups excluding tert-OH is 4. The van der Waals surface area contributed by atoms with Crippen LogP contribution in [0.1, 0.15) is 13.3 Å². The van der Waals surface area contributed by atoms with Crippen molar-refractivity contribution >= 4 is 35.8 Å². The van der Waals surface area contributed by atoms with Crippen molar-refractivity contribution in [3.8, 4) is 0 Å². The van der Waals surface area contributed by atoms with Crippen LogP contribution in [0.4, 0.5) is 0 Å². The minimum Gasteiger partial charge on any atom is -0.481 e. The van der Waals surface area contributed by atoms with Gasteiger partial charge in [-0.1, -0.05) is 39.8 Å². The van der Waals surface area contributed by atoms with Crippen LogP contribution < -0.4 is 0 Å². The molecule has 0 aromatic heterocycles. The molecule has 0 aliphatic rings. The van der Waals surface area contributed by atoms with Gasteiger partial charge in [-0.3, -0.25) is 4.79 Å².